The van der Waals surface area contributed by atoms with Crippen LogP contribution in [0.25, 0.3) is 11.4 Å². The molecule has 0 N–H and O–H groups in total. The van der Waals surface area contributed by atoms with Gasteiger partial charge in [-0.1, -0.05) is 12.2 Å². The van der Waals surface area contributed by atoms with E-state index in [2.05, 4.69) is 4.90 Å². The summed E-state index contributed by atoms with van der Waals surface area (Å²) in [5.41, 5.74) is 1.59. The Morgan fingerprint density at radius 2 is 1.89 bits per heavy atom. The van der Waals surface area contributed by atoms with Gasteiger partial charge in [0.25, 0.3) is 0 Å². The van der Waals surface area contributed by atoms with Crippen LogP contribution in [0.2, 0.25) is 0 Å². The largest absolute Gasteiger partial charge is 0.494 e. The molecular weight excluding hydrogens is 342 g/mol. The molecule has 1 atom stereocenters. The van der Waals surface area contributed by atoms with Crippen molar-refractivity contribution in [3.05, 3.63) is 65.4 Å². The van der Waals surface area contributed by atoms with Gasteiger partial charge in [-0.15, -0.1) is 0 Å². The van der Waals surface area contributed by atoms with Gasteiger partial charge in [-0.25, -0.2) is 4.79 Å². The SMILES string of the molecule is CCOc1ccc(-n2ccn(C3=CCC(OCCN(C)C)C=C3)c2=O)cc1. The van der Waals surface area contributed by atoms with Gasteiger partial charge in [-0.05, 0) is 57.8 Å². The van der Waals surface area contributed by atoms with E-state index in [9.17, 15) is 4.79 Å². The topological polar surface area (TPSA) is 48.6 Å². The molecule has 0 bridgehead atoms. The van der Waals surface area contributed by atoms with Gasteiger partial charge in [0.1, 0.15) is 5.75 Å². The van der Waals surface area contributed by atoms with Crippen LogP contribution in [-0.2, 0) is 4.74 Å². The van der Waals surface area contributed by atoms with Crippen molar-refractivity contribution in [3.8, 4) is 11.4 Å². The van der Waals surface area contributed by atoms with Gasteiger partial charge in [0.2, 0.25) is 0 Å². The zero-order valence-electron chi connectivity index (χ0n) is 16.2. The minimum atomic E-state index is -0.0953. The quantitative estimate of drug-likeness (QED) is 0.718. The fourth-order valence-corrected chi connectivity index (χ4v) is 2.92. The number of hydrogen-bond acceptors (Lipinski definition) is 4. The van der Waals surface area contributed by atoms with E-state index in [1.54, 1.807) is 21.5 Å². The van der Waals surface area contributed by atoms with E-state index < -0.39 is 0 Å². The molecule has 144 valence electrons. The van der Waals surface area contributed by atoms with Crippen molar-refractivity contribution in [2.45, 2.75) is 19.4 Å². The lowest BCUT2D eigenvalue weighted by Crippen LogP contribution is -2.24. The molecule has 0 amide bonds. The molecule has 0 spiro atoms. The van der Waals surface area contributed by atoms with E-state index in [4.69, 9.17) is 9.47 Å². The van der Waals surface area contributed by atoms with Gasteiger partial charge in [0, 0.05) is 24.6 Å². The molecule has 1 aliphatic carbocycles. The summed E-state index contributed by atoms with van der Waals surface area (Å²) in [6.07, 6.45) is 10.4. The number of benzene rings is 1. The average Bonchev–Trinajstić information content (AvgIpc) is 3.04. The molecule has 2 aromatic rings. The van der Waals surface area contributed by atoms with Crippen LogP contribution < -0.4 is 10.4 Å². The smallest absolute Gasteiger partial charge is 0.337 e. The molecule has 27 heavy (non-hydrogen) atoms. The Morgan fingerprint density at radius 1 is 1.15 bits per heavy atom. The standard InChI is InChI=1S/C21H27N3O3/c1-4-26-19-9-5-17(6-10-19)23-13-14-24(21(23)25)18-7-11-20(12-8-18)27-16-15-22(2)3/h5-11,13-14,20H,4,12,15-16H2,1-3H3. The molecule has 1 aliphatic rings. The van der Waals surface area contributed by atoms with Crippen LogP contribution in [0.3, 0.4) is 0 Å². The van der Waals surface area contributed by atoms with Crippen molar-refractivity contribution in [1.29, 1.82) is 0 Å². The lowest BCUT2D eigenvalue weighted by atomic mass is 10.1. The first-order valence-electron chi connectivity index (χ1n) is 9.27. The van der Waals surface area contributed by atoms with E-state index >= 15 is 0 Å². The van der Waals surface area contributed by atoms with Crippen molar-refractivity contribution in [2.75, 3.05) is 33.9 Å². The average molecular weight is 369 g/mol. The second kappa shape index (κ2) is 8.88. The zero-order valence-corrected chi connectivity index (χ0v) is 16.2. The van der Waals surface area contributed by atoms with E-state index in [0.717, 1.165) is 30.1 Å². The van der Waals surface area contributed by atoms with Crippen LogP contribution in [0.15, 0.2) is 59.7 Å². The van der Waals surface area contributed by atoms with Crippen LogP contribution >= 0.6 is 0 Å². The zero-order chi connectivity index (χ0) is 19.2. The normalized spacial score (nSPS) is 16.6. The molecule has 0 fully saturated rings. The minimum absolute atomic E-state index is 0.0672. The number of nitrogens with zero attached hydrogens (tertiary/aromatic N) is 3. The Kier molecular flexibility index (Phi) is 6.32. The van der Waals surface area contributed by atoms with Gasteiger partial charge in [-0.2, -0.15) is 0 Å². The third-order valence-electron chi connectivity index (χ3n) is 4.39. The second-order valence-corrected chi connectivity index (χ2v) is 6.68. The van der Waals surface area contributed by atoms with E-state index in [1.807, 2.05) is 63.5 Å². The summed E-state index contributed by atoms with van der Waals surface area (Å²) < 4.78 is 14.6. The fraction of sp³-hybridized carbons (Fsp3) is 0.381. The van der Waals surface area contributed by atoms with Crippen LogP contribution in [-0.4, -0.2) is 54.0 Å². The molecule has 0 aliphatic heterocycles. The summed E-state index contributed by atoms with van der Waals surface area (Å²) in [7, 11) is 4.05. The maximum Gasteiger partial charge on any atom is 0.337 e. The number of likely N-dealkylation sites (N-methyl/N-ethyl adjacent to an activating group) is 1. The summed E-state index contributed by atoms with van der Waals surface area (Å²) in [4.78, 5) is 14.9. The Labute approximate surface area is 159 Å². The number of aromatic nitrogens is 2. The number of imidazole rings is 1. The van der Waals surface area contributed by atoms with Gasteiger partial charge >= 0.3 is 5.69 Å². The summed E-state index contributed by atoms with van der Waals surface area (Å²) in [6, 6.07) is 7.52. The highest BCUT2D eigenvalue weighted by atomic mass is 16.5. The Bertz CT molecular complexity index is 860. The predicted molar refractivity (Wildman–Crippen MR) is 108 cm³/mol. The van der Waals surface area contributed by atoms with Gasteiger partial charge in [0.05, 0.1) is 25.0 Å². The third-order valence-corrected chi connectivity index (χ3v) is 4.39. The van der Waals surface area contributed by atoms with Crippen molar-refractivity contribution in [2.24, 2.45) is 0 Å². The van der Waals surface area contributed by atoms with Crippen molar-refractivity contribution < 1.29 is 9.47 Å². The van der Waals surface area contributed by atoms with Crippen LogP contribution in [0, 0.1) is 0 Å². The second-order valence-electron chi connectivity index (χ2n) is 6.68. The molecule has 1 aromatic carbocycles. The first-order valence-corrected chi connectivity index (χ1v) is 9.27. The molecular formula is C21H27N3O3. The Hall–Kier alpha value is -2.57. The Balaban J connectivity index is 1.68. The third kappa shape index (κ3) is 4.78. The van der Waals surface area contributed by atoms with Crippen LogP contribution in [0.1, 0.15) is 13.3 Å². The molecule has 6 nitrogen and oxygen atoms in total. The first-order chi connectivity index (χ1) is 13.1. The van der Waals surface area contributed by atoms with Crippen LogP contribution in [0.5, 0.6) is 5.75 Å². The number of allylic oxidation sites excluding steroid dienone is 2. The van der Waals surface area contributed by atoms with Crippen molar-refractivity contribution in [3.63, 3.8) is 0 Å². The first kappa shape index (κ1) is 19.2. The summed E-state index contributed by atoms with van der Waals surface area (Å²) in [5, 5.41) is 0. The number of ether oxygens (including phenoxy) is 2. The maximum atomic E-state index is 12.8. The molecule has 0 saturated carbocycles. The van der Waals surface area contributed by atoms with Crippen LogP contribution in [0.4, 0.5) is 0 Å². The highest BCUT2D eigenvalue weighted by Gasteiger charge is 2.13. The monoisotopic (exact) mass is 369 g/mol. The molecule has 6 heteroatoms. The van der Waals surface area contributed by atoms with Gasteiger partial charge < -0.3 is 14.4 Å². The van der Waals surface area contributed by atoms with Crippen molar-refractivity contribution in [1.82, 2.24) is 14.0 Å². The highest BCUT2D eigenvalue weighted by Crippen LogP contribution is 2.18. The molecule has 1 heterocycles. The molecule has 1 unspecified atom stereocenters. The fourth-order valence-electron chi connectivity index (χ4n) is 2.92. The molecule has 1 aromatic heterocycles. The maximum absolute atomic E-state index is 12.8. The Morgan fingerprint density at radius 3 is 2.52 bits per heavy atom. The summed E-state index contributed by atoms with van der Waals surface area (Å²) in [5.74, 6) is 0.798. The summed E-state index contributed by atoms with van der Waals surface area (Å²) in [6.45, 7) is 4.16. The predicted octanol–water partition coefficient (Wildman–Crippen LogP) is 2.79. The lowest BCUT2D eigenvalue weighted by molar-refractivity contribution is 0.0748. The van der Waals surface area contributed by atoms with E-state index in [1.165, 1.54) is 0 Å². The summed E-state index contributed by atoms with van der Waals surface area (Å²) >= 11 is 0. The van der Waals surface area contributed by atoms with E-state index in [-0.39, 0.29) is 11.8 Å². The number of rotatable bonds is 8. The van der Waals surface area contributed by atoms with Crippen molar-refractivity contribution >= 4 is 5.70 Å². The van der Waals surface area contributed by atoms with E-state index in [0.29, 0.717) is 13.2 Å². The highest BCUT2D eigenvalue weighted by molar-refractivity contribution is 5.59. The molecule has 0 saturated heterocycles. The van der Waals surface area contributed by atoms with Gasteiger partial charge in [-0.3, -0.25) is 9.13 Å². The van der Waals surface area contributed by atoms with Gasteiger partial charge in [0.15, 0.2) is 0 Å². The lowest BCUT2D eigenvalue weighted by Gasteiger charge is -2.18. The molecule has 0 radical (unpaired) electrons. The minimum Gasteiger partial charge on any atom is -0.494 e. The molecule has 3 rings (SSSR count). The number of hydrogen-bond donors (Lipinski definition) is 0.